The van der Waals surface area contributed by atoms with Crippen LogP contribution in [0, 0.1) is 0 Å². The summed E-state index contributed by atoms with van der Waals surface area (Å²) >= 11 is 1.38. The predicted molar refractivity (Wildman–Crippen MR) is 104 cm³/mol. The minimum Gasteiger partial charge on any atom is -0.378 e. The minimum absolute atomic E-state index is 0.0401. The van der Waals surface area contributed by atoms with Gasteiger partial charge >= 0.3 is 0 Å². The molecule has 0 spiro atoms. The van der Waals surface area contributed by atoms with Crippen LogP contribution in [-0.2, 0) is 9.53 Å². The Hall–Kier alpha value is -2.38. The molecule has 0 bridgehead atoms. The molecule has 26 heavy (non-hydrogen) atoms. The van der Waals surface area contributed by atoms with E-state index in [-0.39, 0.29) is 18.4 Å². The molecule has 3 rings (SSSR count). The highest BCUT2D eigenvalue weighted by atomic mass is 32.1. The lowest BCUT2D eigenvalue weighted by Crippen LogP contribution is -2.37. The molecule has 1 saturated heterocycles. The molecule has 0 aliphatic carbocycles. The number of nitrogens with one attached hydrogen (secondary N) is 1. The molecule has 1 aliphatic rings. The minimum atomic E-state index is -0.198. The normalized spacial score (nSPS) is 14.1. The average Bonchev–Trinajstić information content (AvgIpc) is 3.22. The molecule has 2 aromatic rings. The zero-order valence-electron chi connectivity index (χ0n) is 14.8. The summed E-state index contributed by atoms with van der Waals surface area (Å²) in [6.45, 7) is 5.63. The number of hydrogen-bond donors (Lipinski definition) is 1. The monoisotopic (exact) mass is 373 g/mol. The third-order valence-electron chi connectivity index (χ3n) is 4.26. The largest absolute Gasteiger partial charge is 0.378 e. The fraction of sp³-hybridized carbons (Fsp3) is 0.368. The van der Waals surface area contributed by atoms with Crippen molar-refractivity contribution >= 4 is 34.5 Å². The highest BCUT2D eigenvalue weighted by molar-refractivity contribution is 7.12. The highest BCUT2D eigenvalue weighted by Crippen LogP contribution is 2.19. The molecule has 138 valence electrons. The third kappa shape index (κ3) is 4.62. The van der Waals surface area contributed by atoms with E-state index in [1.54, 1.807) is 11.0 Å². The third-order valence-corrected chi connectivity index (χ3v) is 5.12. The Morgan fingerprint density at radius 1 is 1.19 bits per heavy atom. The number of thiophene rings is 1. The summed E-state index contributed by atoms with van der Waals surface area (Å²) in [5.74, 6) is -0.309. The van der Waals surface area contributed by atoms with Crippen molar-refractivity contribution in [1.82, 2.24) is 4.90 Å². The Bertz CT molecular complexity index is 725. The van der Waals surface area contributed by atoms with Crippen molar-refractivity contribution in [3.8, 4) is 0 Å². The second kappa shape index (κ2) is 8.82. The Balaban J connectivity index is 1.56. The van der Waals surface area contributed by atoms with Crippen molar-refractivity contribution in [2.45, 2.75) is 6.92 Å². The van der Waals surface area contributed by atoms with Gasteiger partial charge in [-0.2, -0.15) is 0 Å². The van der Waals surface area contributed by atoms with Gasteiger partial charge in [-0.05, 0) is 42.6 Å². The van der Waals surface area contributed by atoms with Crippen molar-refractivity contribution in [1.29, 1.82) is 0 Å². The summed E-state index contributed by atoms with van der Waals surface area (Å²) in [7, 11) is 0. The number of rotatable bonds is 6. The number of amides is 2. The second-order valence-electron chi connectivity index (χ2n) is 5.99. The van der Waals surface area contributed by atoms with Gasteiger partial charge < -0.3 is 19.9 Å². The standard InChI is InChI=1S/C19H23N3O3S/c1-2-21(19(24)17-4-3-13-26-17)14-18(23)20-15-5-7-16(8-6-15)22-9-11-25-12-10-22/h3-8,13H,2,9-12,14H2,1H3,(H,20,23). The quantitative estimate of drug-likeness (QED) is 0.846. The van der Waals surface area contributed by atoms with Gasteiger partial charge in [0.25, 0.3) is 5.91 Å². The van der Waals surface area contributed by atoms with E-state index >= 15 is 0 Å². The summed E-state index contributed by atoms with van der Waals surface area (Å²) in [5, 5.41) is 4.72. The van der Waals surface area contributed by atoms with Gasteiger partial charge in [0, 0.05) is 31.0 Å². The van der Waals surface area contributed by atoms with Crippen LogP contribution in [-0.4, -0.2) is 56.1 Å². The van der Waals surface area contributed by atoms with Gasteiger partial charge in [0.15, 0.2) is 0 Å². The molecule has 2 amide bonds. The lowest BCUT2D eigenvalue weighted by Gasteiger charge is -2.29. The van der Waals surface area contributed by atoms with E-state index in [9.17, 15) is 9.59 Å². The van der Waals surface area contributed by atoms with E-state index < -0.39 is 0 Å². The molecule has 6 nitrogen and oxygen atoms in total. The first-order chi connectivity index (χ1) is 12.7. The van der Waals surface area contributed by atoms with E-state index in [1.165, 1.54) is 11.3 Å². The van der Waals surface area contributed by atoms with Crippen LogP contribution in [0.15, 0.2) is 41.8 Å². The molecule has 7 heteroatoms. The fourth-order valence-corrected chi connectivity index (χ4v) is 3.53. The maximum Gasteiger partial charge on any atom is 0.264 e. The number of carbonyl (C=O) groups is 2. The zero-order chi connectivity index (χ0) is 18.4. The van der Waals surface area contributed by atoms with Crippen LogP contribution in [0.25, 0.3) is 0 Å². The molecule has 2 heterocycles. The summed E-state index contributed by atoms with van der Waals surface area (Å²) < 4.78 is 5.36. The summed E-state index contributed by atoms with van der Waals surface area (Å²) in [4.78, 5) is 29.1. The smallest absolute Gasteiger partial charge is 0.264 e. The molecule has 0 atom stereocenters. The van der Waals surface area contributed by atoms with E-state index in [2.05, 4.69) is 10.2 Å². The van der Waals surface area contributed by atoms with Crippen molar-refractivity contribution < 1.29 is 14.3 Å². The lowest BCUT2D eigenvalue weighted by atomic mass is 10.2. The Morgan fingerprint density at radius 2 is 1.92 bits per heavy atom. The lowest BCUT2D eigenvalue weighted by molar-refractivity contribution is -0.116. The van der Waals surface area contributed by atoms with Gasteiger partial charge in [-0.25, -0.2) is 0 Å². The van der Waals surface area contributed by atoms with Gasteiger partial charge in [0.2, 0.25) is 5.91 Å². The highest BCUT2D eigenvalue weighted by Gasteiger charge is 2.18. The number of benzene rings is 1. The molecule has 1 fully saturated rings. The van der Waals surface area contributed by atoms with Crippen LogP contribution in [0.2, 0.25) is 0 Å². The zero-order valence-corrected chi connectivity index (χ0v) is 15.6. The van der Waals surface area contributed by atoms with E-state index in [0.717, 1.165) is 37.7 Å². The topological polar surface area (TPSA) is 61.9 Å². The van der Waals surface area contributed by atoms with Crippen LogP contribution in [0.1, 0.15) is 16.6 Å². The number of nitrogens with zero attached hydrogens (tertiary/aromatic N) is 2. The number of likely N-dealkylation sites (N-methyl/N-ethyl adjacent to an activating group) is 1. The number of anilines is 2. The molecular weight excluding hydrogens is 350 g/mol. The van der Waals surface area contributed by atoms with E-state index in [4.69, 9.17) is 4.74 Å². The van der Waals surface area contributed by atoms with Gasteiger partial charge in [-0.1, -0.05) is 6.07 Å². The molecular formula is C19H23N3O3S. The SMILES string of the molecule is CCN(CC(=O)Nc1ccc(N2CCOCC2)cc1)C(=O)c1cccs1. The maximum atomic E-state index is 12.4. The van der Waals surface area contributed by atoms with E-state index in [0.29, 0.717) is 11.4 Å². The molecule has 0 saturated carbocycles. The number of morpholine rings is 1. The van der Waals surface area contributed by atoms with Crippen LogP contribution in [0.5, 0.6) is 0 Å². The van der Waals surface area contributed by atoms with Gasteiger partial charge in [0.05, 0.1) is 18.1 Å². The molecule has 1 aliphatic heterocycles. The van der Waals surface area contributed by atoms with Crippen LogP contribution >= 0.6 is 11.3 Å². The van der Waals surface area contributed by atoms with Crippen molar-refractivity contribution in [3.05, 3.63) is 46.7 Å². The Labute approximate surface area is 157 Å². The first kappa shape index (κ1) is 18.4. The maximum absolute atomic E-state index is 12.4. The fourth-order valence-electron chi connectivity index (χ4n) is 2.83. The first-order valence-electron chi connectivity index (χ1n) is 8.72. The summed E-state index contributed by atoms with van der Waals surface area (Å²) in [5.41, 5.74) is 1.85. The summed E-state index contributed by atoms with van der Waals surface area (Å²) in [6, 6.07) is 11.4. The van der Waals surface area contributed by atoms with E-state index in [1.807, 2.05) is 42.6 Å². The molecule has 0 radical (unpaired) electrons. The molecule has 1 N–H and O–H groups in total. The van der Waals surface area contributed by atoms with Gasteiger partial charge in [-0.15, -0.1) is 11.3 Å². The second-order valence-corrected chi connectivity index (χ2v) is 6.94. The number of carbonyl (C=O) groups excluding carboxylic acids is 2. The Kier molecular flexibility index (Phi) is 6.25. The average molecular weight is 373 g/mol. The molecule has 0 unspecified atom stereocenters. The number of hydrogen-bond acceptors (Lipinski definition) is 5. The van der Waals surface area contributed by atoms with Crippen molar-refractivity contribution in [2.75, 3.05) is 49.6 Å². The van der Waals surface area contributed by atoms with Crippen LogP contribution in [0.4, 0.5) is 11.4 Å². The first-order valence-corrected chi connectivity index (χ1v) is 9.60. The summed E-state index contributed by atoms with van der Waals surface area (Å²) in [6.07, 6.45) is 0. The Morgan fingerprint density at radius 3 is 2.54 bits per heavy atom. The predicted octanol–water partition coefficient (Wildman–Crippen LogP) is 2.69. The van der Waals surface area contributed by atoms with Gasteiger partial charge in [0.1, 0.15) is 6.54 Å². The van der Waals surface area contributed by atoms with Crippen LogP contribution in [0.3, 0.4) is 0 Å². The van der Waals surface area contributed by atoms with Crippen molar-refractivity contribution in [3.63, 3.8) is 0 Å². The molecule has 1 aromatic carbocycles. The van der Waals surface area contributed by atoms with Crippen molar-refractivity contribution in [2.24, 2.45) is 0 Å². The van der Waals surface area contributed by atoms with Gasteiger partial charge in [-0.3, -0.25) is 9.59 Å². The molecule has 1 aromatic heterocycles. The van der Waals surface area contributed by atoms with Crippen LogP contribution < -0.4 is 10.2 Å². The number of ether oxygens (including phenoxy) is 1.